The van der Waals surface area contributed by atoms with Crippen LogP contribution in [-0.4, -0.2) is 39.0 Å². The molecule has 6 nitrogen and oxygen atoms in total. The van der Waals surface area contributed by atoms with Crippen LogP contribution in [0.1, 0.15) is 57.9 Å². The van der Waals surface area contributed by atoms with Gasteiger partial charge in [-0.05, 0) is 61.6 Å². The Morgan fingerprint density at radius 1 is 1.27 bits per heavy atom. The maximum Gasteiger partial charge on any atom is 0.404 e. The van der Waals surface area contributed by atoms with Crippen LogP contribution in [0.3, 0.4) is 0 Å². The van der Waals surface area contributed by atoms with Gasteiger partial charge in [0, 0.05) is 18.0 Å². The minimum atomic E-state index is -0.630. The lowest BCUT2D eigenvalue weighted by Crippen LogP contribution is -2.40. The van der Waals surface area contributed by atoms with Crippen molar-refractivity contribution in [3.63, 3.8) is 0 Å². The number of carbonyl (C=O) groups excluding carboxylic acids is 1. The topological polar surface area (TPSA) is 82.8 Å². The van der Waals surface area contributed by atoms with Crippen LogP contribution in [-0.2, 0) is 4.74 Å². The molecule has 5 atom stereocenters. The van der Waals surface area contributed by atoms with Crippen molar-refractivity contribution in [2.45, 2.75) is 58.5 Å². The van der Waals surface area contributed by atoms with Crippen LogP contribution in [0.5, 0.6) is 11.5 Å². The zero-order valence-corrected chi connectivity index (χ0v) is 18.9. The Morgan fingerprint density at radius 3 is 2.77 bits per heavy atom. The first-order chi connectivity index (χ1) is 14.4. The molecule has 6 heteroatoms. The molecule has 2 fully saturated rings. The Morgan fingerprint density at radius 2 is 2.07 bits per heavy atom. The van der Waals surface area contributed by atoms with Gasteiger partial charge in [0.1, 0.15) is 17.6 Å². The number of fused-ring (bicyclic) bond motifs is 3. The molecule has 1 aliphatic carbocycles. The summed E-state index contributed by atoms with van der Waals surface area (Å²) in [5.74, 6) is 4.88. The maximum atomic E-state index is 10.7. The Kier molecular flexibility index (Phi) is 7.87. The number of carbonyl (C=O) groups is 1. The van der Waals surface area contributed by atoms with Crippen LogP contribution in [0.4, 0.5) is 4.79 Å². The number of hydrogen-bond acceptors (Lipinski definition) is 5. The van der Waals surface area contributed by atoms with Gasteiger partial charge in [-0.1, -0.05) is 33.3 Å². The fourth-order valence-corrected chi connectivity index (χ4v) is 5.27. The van der Waals surface area contributed by atoms with E-state index < -0.39 is 6.09 Å². The first-order valence-corrected chi connectivity index (χ1v) is 11.4. The molecule has 1 aromatic rings. The number of ether oxygens (including phenoxy) is 3. The highest BCUT2D eigenvalue weighted by molar-refractivity contribution is 5.64. The van der Waals surface area contributed by atoms with Gasteiger partial charge in [-0.3, -0.25) is 0 Å². The highest BCUT2D eigenvalue weighted by atomic mass is 16.6. The number of rotatable bonds is 3. The number of amides is 1. The molecule has 1 saturated heterocycles. The third kappa shape index (κ3) is 5.39. The first kappa shape index (κ1) is 22.7. The summed E-state index contributed by atoms with van der Waals surface area (Å²) in [5.41, 5.74) is 6.35. The third-order valence-electron chi connectivity index (χ3n) is 6.91. The molecule has 0 radical (unpaired) electrons. The smallest absolute Gasteiger partial charge is 0.404 e. The average molecular weight is 419 g/mol. The predicted molar refractivity (Wildman–Crippen MR) is 118 cm³/mol. The molecular formula is C24H38N2O4. The Bertz CT molecular complexity index is 694. The lowest BCUT2D eigenvalue weighted by molar-refractivity contribution is 0.0104. The van der Waals surface area contributed by atoms with Gasteiger partial charge in [-0.2, -0.15) is 0 Å². The molecular weight excluding hydrogens is 380 g/mol. The molecule has 30 heavy (non-hydrogen) atoms. The number of hydrogen-bond donors (Lipinski definition) is 2. The Balaban J connectivity index is 0.000000173. The van der Waals surface area contributed by atoms with Crippen molar-refractivity contribution in [2.75, 3.05) is 26.8 Å². The summed E-state index contributed by atoms with van der Waals surface area (Å²) in [6, 6.07) is 6.09. The van der Waals surface area contributed by atoms with E-state index >= 15 is 0 Å². The summed E-state index contributed by atoms with van der Waals surface area (Å²) in [5, 5.41) is 3.43. The molecule has 0 spiro atoms. The van der Waals surface area contributed by atoms with E-state index in [9.17, 15) is 4.79 Å². The van der Waals surface area contributed by atoms with Crippen LogP contribution >= 0.6 is 0 Å². The quantitative estimate of drug-likeness (QED) is 0.764. The molecule has 168 valence electrons. The normalized spacial score (nSPS) is 30.1. The summed E-state index contributed by atoms with van der Waals surface area (Å²) in [6.07, 6.45) is 3.94. The van der Waals surface area contributed by atoms with E-state index in [2.05, 4.69) is 32.2 Å². The van der Waals surface area contributed by atoms with Crippen molar-refractivity contribution in [1.29, 1.82) is 0 Å². The number of primary amides is 1. The van der Waals surface area contributed by atoms with E-state index in [0.717, 1.165) is 44.0 Å². The Labute approximate surface area is 180 Å². The van der Waals surface area contributed by atoms with Gasteiger partial charge in [0.2, 0.25) is 0 Å². The van der Waals surface area contributed by atoms with Crippen LogP contribution in [0.15, 0.2) is 18.2 Å². The van der Waals surface area contributed by atoms with Gasteiger partial charge in [0.25, 0.3) is 0 Å². The molecule has 1 aromatic carbocycles. The summed E-state index contributed by atoms with van der Waals surface area (Å²) < 4.78 is 16.5. The van der Waals surface area contributed by atoms with E-state index in [1.807, 2.05) is 12.1 Å². The molecule has 2 heterocycles. The molecule has 0 aromatic heterocycles. The van der Waals surface area contributed by atoms with Crippen LogP contribution in [0, 0.1) is 23.7 Å². The molecule has 0 bridgehead atoms. The second kappa shape index (κ2) is 10.4. The van der Waals surface area contributed by atoms with Gasteiger partial charge in [-0.25, -0.2) is 4.79 Å². The summed E-state index contributed by atoms with van der Waals surface area (Å²) in [4.78, 5) is 10.7. The fourth-order valence-electron chi connectivity index (χ4n) is 5.27. The Hall–Kier alpha value is -1.95. The van der Waals surface area contributed by atoms with Crippen molar-refractivity contribution < 1.29 is 19.0 Å². The molecule has 2 aliphatic heterocycles. The molecule has 1 amide bonds. The van der Waals surface area contributed by atoms with Gasteiger partial charge < -0.3 is 25.3 Å². The highest BCUT2D eigenvalue weighted by Crippen LogP contribution is 2.45. The van der Waals surface area contributed by atoms with Crippen LogP contribution in [0.25, 0.3) is 0 Å². The van der Waals surface area contributed by atoms with E-state index in [1.165, 1.54) is 18.4 Å². The monoisotopic (exact) mass is 418 g/mol. The highest BCUT2D eigenvalue weighted by Gasteiger charge is 2.35. The van der Waals surface area contributed by atoms with Crippen molar-refractivity contribution in [3.8, 4) is 11.5 Å². The lowest BCUT2D eigenvalue weighted by Gasteiger charge is -2.37. The second-order valence-corrected chi connectivity index (χ2v) is 9.34. The van der Waals surface area contributed by atoms with Gasteiger partial charge in [-0.15, -0.1) is 0 Å². The zero-order chi connectivity index (χ0) is 21.7. The van der Waals surface area contributed by atoms with E-state index in [0.29, 0.717) is 29.6 Å². The summed E-state index contributed by atoms with van der Waals surface area (Å²) in [6.45, 7) is 9.54. The molecule has 3 unspecified atom stereocenters. The maximum absolute atomic E-state index is 10.7. The molecule has 1 saturated carbocycles. The first-order valence-electron chi connectivity index (χ1n) is 11.4. The van der Waals surface area contributed by atoms with Crippen molar-refractivity contribution in [2.24, 2.45) is 29.4 Å². The molecule has 3 aliphatic rings. The van der Waals surface area contributed by atoms with E-state index in [1.54, 1.807) is 7.11 Å². The average Bonchev–Trinajstić information content (AvgIpc) is 2.73. The number of nitrogens with two attached hydrogens (primary N) is 1. The standard InChI is InChI=1S/C13H17NO2.C11H21NO2/c1-15-11-3-2-4-12-13(11)10-5-6-14-7-9(10)8-16-12;1-7(2)9-5-4-8(3)6-10(9)14-11(12)13/h2-4,9-10,14H,5-8H2,1H3;7-10H,4-6H2,1-3H3,(H2,12,13)/t;8-,9+,10?/m.1/s1. The summed E-state index contributed by atoms with van der Waals surface area (Å²) in [7, 11) is 1.74. The zero-order valence-electron chi connectivity index (χ0n) is 18.9. The van der Waals surface area contributed by atoms with Crippen molar-refractivity contribution >= 4 is 6.09 Å². The lowest BCUT2D eigenvalue weighted by atomic mass is 9.75. The van der Waals surface area contributed by atoms with Crippen molar-refractivity contribution in [3.05, 3.63) is 23.8 Å². The largest absolute Gasteiger partial charge is 0.496 e. The van der Waals surface area contributed by atoms with Gasteiger partial charge in [0.15, 0.2) is 0 Å². The second-order valence-electron chi connectivity index (χ2n) is 9.34. The number of nitrogens with one attached hydrogen (secondary N) is 1. The molecule has 3 N–H and O–H groups in total. The van der Waals surface area contributed by atoms with Gasteiger partial charge >= 0.3 is 6.09 Å². The van der Waals surface area contributed by atoms with Crippen LogP contribution < -0.4 is 20.5 Å². The van der Waals surface area contributed by atoms with Crippen molar-refractivity contribution in [1.82, 2.24) is 5.32 Å². The van der Waals surface area contributed by atoms with Crippen LogP contribution in [0.2, 0.25) is 0 Å². The van der Waals surface area contributed by atoms with Gasteiger partial charge in [0.05, 0.1) is 13.7 Å². The van der Waals surface area contributed by atoms with E-state index in [-0.39, 0.29) is 6.10 Å². The summed E-state index contributed by atoms with van der Waals surface area (Å²) >= 11 is 0. The fraction of sp³-hybridized carbons (Fsp3) is 0.708. The number of methoxy groups -OCH3 is 1. The van der Waals surface area contributed by atoms with E-state index in [4.69, 9.17) is 19.9 Å². The minimum Gasteiger partial charge on any atom is -0.496 e. The minimum absolute atomic E-state index is 0.0382. The number of piperidine rings is 1. The SMILES string of the molecule is CC(C)[C@@H]1CC[C@@H](C)CC1OC(N)=O.COc1cccc2c1C1CCNCC1CO2. The molecule has 4 rings (SSSR count). The number of benzene rings is 1. The third-order valence-corrected chi connectivity index (χ3v) is 6.91. The predicted octanol–water partition coefficient (Wildman–Crippen LogP) is 4.32.